The van der Waals surface area contributed by atoms with Crippen molar-refractivity contribution in [3.05, 3.63) is 71.8 Å². The van der Waals surface area contributed by atoms with Crippen LogP contribution in [0.15, 0.2) is 55.1 Å². The highest BCUT2D eigenvalue weighted by Crippen LogP contribution is 2.24. The molecule has 0 atom stereocenters. The van der Waals surface area contributed by atoms with Crippen LogP contribution in [-0.2, 0) is 11.3 Å². The summed E-state index contributed by atoms with van der Waals surface area (Å²) >= 11 is 0. The third-order valence-corrected chi connectivity index (χ3v) is 4.34. The van der Waals surface area contributed by atoms with Crippen molar-refractivity contribution in [3.63, 3.8) is 0 Å². The number of hydrogen-bond acceptors (Lipinski definition) is 4. The Kier molecular flexibility index (Phi) is 6.16. The average molecular weight is 377 g/mol. The van der Waals surface area contributed by atoms with Crippen LogP contribution >= 0.6 is 0 Å². The van der Waals surface area contributed by atoms with Gasteiger partial charge >= 0.3 is 0 Å². The smallest absolute Gasteiger partial charge is 0.255 e. The van der Waals surface area contributed by atoms with Gasteiger partial charge in [0, 0.05) is 18.5 Å². The van der Waals surface area contributed by atoms with E-state index in [1.165, 1.54) is 6.33 Å². The van der Waals surface area contributed by atoms with Crippen molar-refractivity contribution in [2.75, 3.05) is 10.6 Å². The van der Waals surface area contributed by atoms with Crippen LogP contribution in [0.4, 0.5) is 11.4 Å². The second-order valence-electron chi connectivity index (χ2n) is 6.63. The number of anilines is 2. The van der Waals surface area contributed by atoms with E-state index < -0.39 is 0 Å². The van der Waals surface area contributed by atoms with Crippen LogP contribution in [0.1, 0.15) is 34.3 Å². The molecule has 0 aliphatic rings. The Morgan fingerprint density at radius 1 is 1.04 bits per heavy atom. The number of carbonyl (C=O) groups is 2. The van der Waals surface area contributed by atoms with E-state index in [0.717, 1.165) is 11.1 Å². The molecule has 0 unspecified atom stereocenters. The summed E-state index contributed by atoms with van der Waals surface area (Å²) in [5.74, 6) is -0.319. The van der Waals surface area contributed by atoms with E-state index in [-0.39, 0.29) is 11.8 Å². The molecular weight excluding hydrogens is 354 g/mol. The summed E-state index contributed by atoms with van der Waals surface area (Å²) in [5.41, 5.74) is 3.65. The van der Waals surface area contributed by atoms with Crippen LogP contribution in [0.25, 0.3) is 0 Å². The van der Waals surface area contributed by atoms with E-state index in [4.69, 9.17) is 0 Å². The SMILES string of the molecule is Cc1ccc(NC(=O)c2ccccc2C)c(NC(=O)CCCn2cncn2)c1. The Morgan fingerprint density at radius 3 is 2.61 bits per heavy atom. The fraction of sp³-hybridized carbons (Fsp3) is 0.238. The van der Waals surface area contributed by atoms with Crippen molar-refractivity contribution in [1.82, 2.24) is 14.8 Å². The van der Waals surface area contributed by atoms with Gasteiger partial charge in [-0.1, -0.05) is 24.3 Å². The molecule has 0 saturated carbocycles. The quantitative estimate of drug-likeness (QED) is 0.659. The molecule has 1 heterocycles. The van der Waals surface area contributed by atoms with Gasteiger partial charge in [-0.15, -0.1) is 0 Å². The molecule has 0 fully saturated rings. The maximum Gasteiger partial charge on any atom is 0.255 e. The summed E-state index contributed by atoms with van der Waals surface area (Å²) in [6, 6.07) is 12.9. The zero-order valence-electron chi connectivity index (χ0n) is 16.0. The Balaban J connectivity index is 1.65. The monoisotopic (exact) mass is 377 g/mol. The molecule has 0 radical (unpaired) electrons. The number of rotatable bonds is 7. The number of carbonyl (C=O) groups excluding carboxylic acids is 2. The molecule has 144 valence electrons. The van der Waals surface area contributed by atoms with Gasteiger partial charge in [-0.2, -0.15) is 5.10 Å². The molecule has 0 aliphatic carbocycles. The number of aryl methyl sites for hydroxylation is 3. The topological polar surface area (TPSA) is 88.9 Å². The lowest BCUT2D eigenvalue weighted by Gasteiger charge is -2.14. The Labute approximate surface area is 163 Å². The van der Waals surface area contributed by atoms with Crippen LogP contribution < -0.4 is 10.6 Å². The lowest BCUT2D eigenvalue weighted by Crippen LogP contribution is -2.17. The zero-order valence-corrected chi connectivity index (χ0v) is 16.0. The molecule has 28 heavy (non-hydrogen) atoms. The Morgan fingerprint density at radius 2 is 1.86 bits per heavy atom. The van der Waals surface area contributed by atoms with Gasteiger partial charge in [-0.05, 0) is 49.6 Å². The van der Waals surface area contributed by atoms with E-state index in [1.807, 2.05) is 44.2 Å². The number of hydrogen-bond donors (Lipinski definition) is 2. The fourth-order valence-corrected chi connectivity index (χ4v) is 2.85. The largest absolute Gasteiger partial charge is 0.324 e. The van der Waals surface area contributed by atoms with Crippen LogP contribution in [0.2, 0.25) is 0 Å². The number of nitrogens with one attached hydrogen (secondary N) is 2. The molecule has 3 aromatic rings. The maximum atomic E-state index is 12.6. The van der Waals surface area contributed by atoms with Crippen molar-refractivity contribution in [3.8, 4) is 0 Å². The molecule has 1 aromatic heterocycles. The van der Waals surface area contributed by atoms with E-state index in [9.17, 15) is 9.59 Å². The van der Waals surface area contributed by atoms with Gasteiger partial charge in [0.2, 0.25) is 5.91 Å². The number of benzene rings is 2. The van der Waals surface area contributed by atoms with Gasteiger partial charge in [0.1, 0.15) is 12.7 Å². The van der Waals surface area contributed by atoms with Gasteiger partial charge in [-0.3, -0.25) is 14.3 Å². The van der Waals surface area contributed by atoms with Crippen LogP contribution in [0.3, 0.4) is 0 Å². The zero-order chi connectivity index (χ0) is 19.9. The summed E-state index contributed by atoms with van der Waals surface area (Å²) in [6.45, 7) is 4.45. The van der Waals surface area contributed by atoms with Crippen molar-refractivity contribution in [1.29, 1.82) is 0 Å². The van der Waals surface area contributed by atoms with E-state index in [0.29, 0.717) is 36.3 Å². The highest BCUT2D eigenvalue weighted by Gasteiger charge is 2.13. The molecule has 0 spiro atoms. The van der Waals surface area contributed by atoms with Gasteiger partial charge in [0.05, 0.1) is 11.4 Å². The van der Waals surface area contributed by atoms with Crippen molar-refractivity contribution in [2.45, 2.75) is 33.2 Å². The Bertz CT molecular complexity index is 967. The lowest BCUT2D eigenvalue weighted by atomic mass is 10.1. The molecule has 7 nitrogen and oxygen atoms in total. The minimum absolute atomic E-state index is 0.114. The summed E-state index contributed by atoms with van der Waals surface area (Å²) in [4.78, 5) is 28.8. The Hall–Kier alpha value is -3.48. The number of nitrogens with zero attached hydrogens (tertiary/aromatic N) is 3. The molecule has 2 amide bonds. The third-order valence-electron chi connectivity index (χ3n) is 4.34. The highest BCUT2D eigenvalue weighted by molar-refractivity contribution is 6.08. The first-order valence-corrected chi connectivity index (χ1v) is 9.13. The van der Waals surface area contributed by atoms with Crippen molar-refractivity contribution in [2.24, 2.45) is 0 Å². The minimum Gasteiger partial charge on any atom is -0.324 e. The number of aromatic nitrogens is 3. The van der Waals surface area contributed by atoms with E-state index in [1.54, 1.807) is 23.1 Å². The van der Waals surface area contributed by atoms with Gasteiger partial charge < -0.3 is 10.6 Å². The molecule has 0 bridgehead atoms. The molecule has 2 aromatic carbocycles. The molecule has 7 heteroatoms. The van der Waals surface area contributed by atoms with Crippen LogP contribution in [-0.4, -0.2) is 26.6 Å². The van der Waals surface area contributed by atoms with Crippen LogP contribution in [0.5, 0.6) is 0 Å². The molecule has 0 saturated heterocycles. The predicted octanol–water partition coefficient (Wildman–Crippen LogP) is 3.57. The maximum absolute atomic E-state index is 12.6. The summed E-state index contributed by atoms with van der Waals surface area (Å²) in [6.07, 6.45) is 4.08. The predicted molar refractivity (Wildman–Crippen MR) is 108 cm³/mol. The second-order valence-corrected chi connectivity index (χ2v) is 6.63. The third kappa shape index (κ3) is 5.03. The standard InChI is InChI=1S/C21H23N5O2/c1-15-9-10-18(25-21(28)17-7-4-3-6-16(17)2)19(12-15)24-20(27)8-5-11-26-14-22-13-23-26/h3-4,6-7,9-10,12-14H,5,8,11H2,1-2H3,(H,24,27)(H,25,28). The first-order chi connectivity index (χ1) is 13.5. The molecule has 3 rings (SSSR count). The fourth-order valence-electron chi connectivity index (χ4n) is 2.85. The second kappa shape index (κ2) is 8.94. The average Bonchev–Trinajstić information content (AvgIpc) is 3.17. The van der Waals surface area contributed by atoms with Gasteiger partial charge in [0.25, 0.3) is 5.91 Å². The van der Waals surface area contributed by atoms with Crippen molar-refractivity contribution >= 4 is 23.2 Å². The van der Waals surface area contributed by atoms with Crippen LogP contribution in [0, 0.1) is 13.8 Å². The summed E-state index contributed by atoms with van der Waals surface area (Å²) in [5, 5.41) is 9.82. The van der Waals surface area contributed by atoms with Gasteiger partial charge in [0.15, 0.2) is 0 Å². The minimum atomic E-state index is -0.205. The normalized spacial score (nSPS) is 10.5. The summed E-state index contributed by atoms with van der Waals surface area (Å²) < 4.78 is 1.69. The van der Waals surface area contributed by atoms with Crippen molar-refractivity contribution < 1.29 is 9.59 Å². The van der Waals surface area contributed by atoms with E-state index >= 15 is 0 Å². The molecule has 2 N–H and O–H groups in total. The first-order valence-electron chi connectivity index (χ1n) is 9.13. The lowest BCUT2D eigenvalue weighted by molar-refractivity contribution is -0.116. The summed E-state index contributed by atoms with van der Waals surface area (Å²) in [7, 11) is 0. The number of amides is 2. The van der Waals surface area contributed by atoms with E-state index in [2.05, 4.69) is 20.7 Å². The highest BCUT2D eigenvalue weighted by atomic mass is 16.2. The molecule has 0 aliphatic heterocycles. The van der Waals surface area contributed by atoms with Gasteiger partial charge in [-0.25, -0.2) is 4.98 Å². The molecular formula is C21H23N5O2. The first kappa shape index (κ1) is 19.3.